The van der Waals surface area contributed by atoms with Gasteiger partial charge in [0.2, 0.25) is 0 Å². The van der Waals surface area contributed by atoms with Crippen LogP contribution in [0, 0.1) is 0 Å². The molecule has 0 unspecified atom stereocenters. The van der Waals surface area contributed by atoms with Crippen LogP contribution < -0.4 is 15.0 Å². The van der Waals surface area contributed by atoms with Gasteiger partial charge in [0.25, 0.3) is 5.91 Å². The second kappa shape index (κ2) is 10.3. The minimum Gasteiger partial charge on any atom is -0.482 e. The van der Waals surface area contributed by atoms with Crippen molar-refractivity contribution >= 4 is 17.6 Å². The number of anilines is 1. The SMILES string of the molecule is CCNC(=NCCCN1C(=O)COc2ccccc21)N(C)Cc1cn(C)nc1C(C)C. The average molecular weight is 427 g/mol. The standard InChI is InChI=1S/C23H34N6O2/c1-6-24-23(27(4)14-18-15-28(5)26-22(18)17(2)3)25-12-9-13-29-19-10-7-8-11-20(19)31-16-21(29)30/h7-8,10-11,15,17H,6,9,12-14,16H2,1-5H3,(H,24,25). The van der Waals surface area contributed by atoms with Crippen LogP contribution in [0.4, 0.5) is 5.69 Å². The normalized spacial score (nSPS) is 13.9. The van der Waals surface area contributed by atoms with Crippen LogP contribution in [0.5, 0.6) is 5.75 Å². The molecule has 8 heteroatoms. The molecule has 1 N–H and O–H groups in total. The second-order valence-corrected chi connectivity index (χ2v) is 8.11. The largest absolute Gasteiger partial charge is 0.482 e. The second-order valence-electron chi connectivity index (χ2n) is 8.11. The van der Waals surface area contributed by atoms with E-state index in [0.717, 1.165) is 42.6 Å². The number of carbonyl (C=O) groups excluding carboxylic acids is 1. The van der Waals surface area contributed by atoms with Crippen molar-refractivity contribution in [2.45, 2.75) is 39.7 Å². The maximum atomic E-state index is 12.3. The Hall–Kier alpha value is -3.03. The molecule has 0 bridgehead atoms. The van der Waals surface area contributed by atoms with E-state index < -0.39 is 0 Å². The van der Waals surface area contributed by atoms with Crippen LogP contribution in [0.25, 0.3) is 0 Å². The van der Waals surface area contributed by atoms with Gasteiger partial charge in [-0.25, -0.2) is 0 Å². The fraction of sp³-hybridized carbons (Fsp3) is 0.522. The molecule has 0 saturated heterocycles. The van der Waals surface area contributed by atoms with Gasteiger partial charge in [-0.1, -0.05) is 26.0 Å². The number of nitrogens with zero attached hydrogens (tertiary/aromatic N) is 5. The highest BCUT2D eigenvalue weighted by Crippen LogP contribution is 2.31. The maximum absolute atomic E-state index is 12.3. The molecule has 3 rings (SSSR count). The summed E-state index contributed by atoms with van der Waals surface area (Å²) in [4.78, 5) is 21.0. The number of fused-ring (bicyclic) bond motifs is 1. The Balaban J connectivity index is 1.62. The molecule has 31 heavy (non-hydrogen) atoms. The molecule has 1 aliphatic heterocycles. The van der Waals surface area contributed by atoms with E-state index in [0.29, 0.717) is 19.0 Å². The summed E-state index contributed by atoms with van der Waals surface area (Å²) in [6, 6.07) is 7.67. The number of benzene rings is 1. The summed E-state index contributed by atoms with van der Waals surface area (Å²) in [6.07, 6.45) is 2.85. The molecule has 0 fully saturated rings. The van der Waals surface area contributed by atoms with Crippen molar-refractivity contribution in [3.8, 4) is 5.75 Å². The molecule has 1 amide bonds. The van der Waals surface area contributed by atoms with E-state index >= 15 is 0 Å². The third kappa shape index (κ3) is 5.57. The molecule has 2 heterocycles. The van der Waals surface area contributed by atoms with E-state index in [1.165, 1.54) is 5.56 Å². The van der Waals surface area contributed by atoms with Crippen molar-refractivity contribution in [3.05, 3.63) is 41.7 Å². The summed E-state index contributed by atoms with van der Waals surface area (Å²) >= 11 is 0. The van der Waals surface area contributed by atoms with Crippen LogP contribution >= 0.6 is 0 Å². The lowest BCUT2D eigenvalue weighted by Gasteiger charge is -2.29. The highest BCUT2D eigenvalue weighted by Gasteiger charge is 2.24. The average Bonchev–Trinajstić information content (AvgIpc) is 3.11. The Bertz CT molecular complexity index is 921. The Labute approximate surface area is 184 Å². The number of rotatable bonds is 8. The number of nitrogens with one attached hydrogen (secondary N) is 1. The lowest BCUT2D eigenvalue weighted by Crippen LogP contribution is -2.40. The van der Waals surface area contributed by atoms with E-state index in [9.17, 15) is 4.79 Å². The van der Waals surface area contributed by atoms with E-state index in [2.05, 4.69) is 42.3 Å². The topological polar surface area (TPSA) is 75.0 Å². The summed E-state index contributed by atoms with van der Waals surface area (Å²) in [7, 11) is 4.00. The molecular formula is C23H34N6O2. The van der Waals surface area contributed by atoms with Gasteiger partial charge in [0, 0.05) is 52.0 Å². The van der Waals surface area contributed by atoms with Crippen LogP contribution in [0.2, 0.25) is 0 Å². The van der Waals surface area contributed by atoms with Crippen molar-refractivity contribution in [3.63, 3.8) is 0 Å². The monoisotopic (exact) mass is 426 g/mol. The van der Waals surface area contributed by atoms with Gasteiger partial charge in [0.15, 0.2) is 12.6 Å². The molecule has 0 radical (unpaired) electrons. The number of hydrogen-bond acceptors (Lipinski definition) is 4. The number of aliphatic imine (C=N–C) groups is 1. The fourth-order valence-corrected chi connectivity index (χ4v) is 3.78. The molecule has 0 atom stereocenters. The number of amides is 1. The number of hydrogen-bond donors (Lipinski definition) is 1. The predicted molar refractivity (Wildman–Crippen MR) is 124 cm³/mol. The molecule has 1 aromatic carbocycles. The molecule has 0 saturated carbocycles. The number of aryl methyl sites for hydroxylation is 1. The number of ether oxygens (including phenoxy) is 1. The number of aromatic nitrogens is 2. The molecule has 8 nitrogen and oxygen atoms in total. The quantitative estimate of drug-likeness (QED) is 0.399. The van der Waals surface area contributed by atoms with Gasteiger partial charge in [0.05, 0.1) is 11.4 Å². The van der Waals surface area contributed by atoms with Gasteiger partial charge in [0.1, 0.15) is 5.75 Å². The van der Waals surface area contributed by atoms with Crippen LogP contribution in [-0.2, 0) is 18.4 Å². The Morgan fingerprint density at radius 1 is 1.35 bits per heavy atom. The van der Waals surface area contributed by atoms with Gasteiger partial charge in [-0.05, 0) is 31.4 Å². The summed E-state index contributed by atoms with van der Waals surface area (Å²) in [5.74, 6) is 1.98. The molecule has 168 valence electrons. The molecular weight excluding hydrogens is 392 g/mol. The van der Waals surface area contributed by atoms with E-state index in [1.807, 2.05) is 43.0 Å². The Kier molecular flexibility index (Phi) is 7.55. The van der Waals surface area contributed by atoms with Crippen LogP contribution in [0.1, 0.15) is 44.4 Å². The summed E-state index contributed by atoms with van der Waals surface area (Å²) in [5.41, 5.74) is 3.17. The lowest BCUT2D eigenvalue weighted by atomic mass is 10.1. The zero-order valence-corrected chi connectivity index (χ0v) is 19.3. The van der Waals surface area contributed by atoms with Crippen LogP contribution in [0.3, 0.4) is 0 Å². The summed E-state index contributed by atoms with van der Waals surface area (Å²) < 4.78 is 7.39. The van der Waals surface area contributed by atoms with Crippen molar-refractivity contribution < 1.29 is 9.53 Å². The predicted octanol–water partition coefficient (Wildman–Crippen LogP) is 2.76. The highest BCUT2D eigenvalue weighted by molar-refractivity contribution is 5.97. The molecule has 2 aromatic rings. The lowest BCUT2D eigenvalue weighted by molar-refractivity contribution is -0.121. The molecule has 1 aromatic heterocycles. The number of para-hydroxylation sites is 2. The first-order chi connectivity index (χ1) is 14.9. The highest BCUT2D eigenvalue weighted by atomic mass is 16.5. The Morgan fingerprint density at radius 3 is 2.87 bits per heavy atom. The smallest absolute Gasteiger partial charge is 0.265 e. The fourth-order valence-electron chi connectivity index (χ4n) is 3.78. The van der Waals surface area contributed by atoms with Crippen molar-refractivity contribution in [2.24, 2.45) is 12.0 Å². The van der Waals surface area contributed by atoms with Gasteiger partial charge in [-0.3, -0.25) is 14.5 Å². The van der Waals surface area contributed by atoms with Crippen molar-refractivity contribution in [1.29, 1.82) is 0 Å². The first kappa shape index (κ1) is 22.7. The molecule has 0 aliphatic carbocycles. The molecule has 0 spiro atoms. The number of guanidine groups is 1. The van der Waals surface area contributed by atoms with E-state index in [-0.39, 0.29) is 12.5 Å². The molecule has 1 aliphatic rings. The van der Waals surface area contributed by atoms with Gasteiger partial charge >= 0.3 is 0 Å². The first-order valence-electron chi connectivity index (χ1n) is 10.9. The number of carbonyl (C=O) groups is 1. The van der Waals surface area contributed by atoms with Crippen LogP contribution in [-0.4, -0.2) is 59.8 Å². The third-order valence-electron chi connectivity index (χ3n) is 5.20. The minimum atomic E-state index is -0.00973. The maximum Gasteiger partial charge on any atom is 0.265 e. The van der Waals surface area contributed by atoms with E-state index in [1.54, 1.807) is 4.90 Å². The first-order valence-corrected chi connectivity index (χ1v) is 10.9. The zero-order chi connectivity index (χ0) is 22.4. The minimum absolute atomic E-state index is 0.00973. The summed E-state index contributed by atoms with van der Waals surface area (Å²) in [6.45, 7) is 9.26. The van der Waals surface area contributed by atoms with Gasteiger partial charge < -0.3 is 19.9 Å². The van der Waals surface area contributed by atoms with Gasteiger partial charge in [-0.15, -0.1) is 0 Å². The zero-order valence-electron chi connectivity index (χ0n) is 19.3. The Morgan fingerprint density at radius 2 is 2.13 bits per heavy atom. The summed E-state index contributed by atoms with van der Waals surface area (Å²) in [5, 5.41) is 7.97. The van der Waals surface area contributed by atoms with E-state index in [4.69, 9.17) is 9.73 Å². The van der Waals surface area contributed by atoms with Crippen LogP contribution in [0.15, 0.2) is 35.5 Å². The third-order valence-corrected chi connectivity index (χ3v) is 5.20. The van der Waals surface area contributed by atoms with Crippen molar-refractivity contribution in [1.82, 2.24) is 20.0 Å². The van der Waals surface area contributed by atoms with Crippen molar-refractivity contribution in [2.75, 3.05) is 38.2 Å². The van der Waals surface area contributed by atoms with Gasteiger partial charge in [-0.2, -0.15) is 5.10 Å².